The Balaban J connectivity index is 1.80. The molecule has 0 N–H and O–H groups in total. The molecule has 2 aliphatic rings. The van der Waals surface area contributed by atoms with Crippen molar-refractivity contribution < 1.29 is 26.4 Å². The standard InChI is InChI=1S/C20H27F3N2O3S/c1-3-14(2)19(26)24-11-9-17(10-12-24)25(16-7-8-16)29(27,28)18-6-4-5-15(13-18)20(21,22)23/h4-6,13-14,16-17H,3,7-12H2,1-2H3. The van der Waals surface area contributed by atoms with Gasteiger partial charge in [0, 0.05) is 31.1 Å². The van der Waals surface area contributed by atoms with Crippen LogP contribution >= 0.6 is 0 Å². The molecule has 29 heavy (non-hydrogen) atoms. The van der Waals surface area contributed by atoms with Crippen LogP contribution in [0.15, 0.2) is 29.2 Å². The van der Waals surface area contributed by atoms with E-state index < -0.39 is 21.8 Å². The second-order valence-electron chi connectivity index (χ2n) is 7.96. The highest BCUT2D eigenvalue weighted by Crippen LogP contribution is 2.38. The minimum Gasteiger partial charge on any atom is -0.342 e. The van der Waals surface area contributed by atoms with Gasteiger partial charge in [-0.2, -0.15) is 17.5 Å². The predicted octanol–water partition coefficient (Wildman–Crippen LogP) is 3.90. The number of alkyl halides is 3. The van der Waals surface area contributed by atoms with E-state index in [1.54, 1.807) is 4.90 Å². The first kappa shape index (κ1) is 22.1. The topological polar surface area (TPSA) is 57.7 Å². The quantitative estimate of drug-likeness (QED) is 0.685. The maximum absolute atomic E-state index is 13.2. The third-order valence-electron chi connectivity index (χ3n) is 5.81. The number of hydrogen-bond acceptors (Lipinski definition) is 3. The molecule has 1 saturated carbocycles. The molecule has 1 atom stereocenters. The zero-order chi connectivity index (χ0) is 21.4. The van der Waals surface area contributed by atoms with Gasteiger partial charge in [-0.3, -0.25) is 4.79 Å². The minimum atomic E-state index is -4.60. The summed E-state index contributed by atoms with van der Waals surface area (Å²) in [5.41, 5.74) is -0.969. The summed E-state index contributed by atoms with van der Waals surface area (Å²) in [6, 6.07) is 3.47. The lowest BCUT2D eigenvalue weighted by atomic mass is 10.0. The summed E-state index contributed by atoms with van der Waals surface area (Å²) in [6.07, 6.45) is -1.43. The summed E-state index contributed by atoms with van der Waals surface area (Å²) < 4.78 is 67.0. The van der Waals surface area contributed by atoms with Crippen LogP contribution in [0.3, 0.4) is 0 Å². The van der Waals surface area contributed by atoms with Crippen molar-refractivity contribution >= 4 is 15.9 Å². The molecule has 1 saturated heterocycles. The highest BCUT2D eigenvalue weighted by Gasteiger charge is 2.44. The molecule has 1 heterocycles. The monoisotopic (exact) mass is 432 g/mol. The van der Waals surface area contributed by atoms with Crippen LogP contribution in [0.4, 0.5) is 13.2 Å². The zero-order valence-electron chi connectivity index (χ0n) is 16.7. The van der Waals surface area contributed by atoms with Gasteiger partial charge in [0.05, 0.1) is 10.5 Å². The van der Waals surface area contributed by atoms with Crippen molar-refractivity contribution in [2.75, 3.05) is 13.1 Å². The normalized spacial score (nSPS) is 20.1. The first-order chi connectivity index (χ1) is 13.6. The van der Waals surface area contributed by atoms with Gasteiger partial charge >= 0.3 is 6.18 Å². The van der Waals surface area contributed by atoms with Crippen LogP contribution in [0, 0.1) is 5.92 Å². The van der Waals surface area contributed by atoms with Crippen LogP contribution < -0.4 is 0 Å². The molecule has 9 heteroatoms. The lowest BCUT2D eigenvalue weighted by Crippen LogP contribution is -2.50. The lowest BCUT2D eigenvalue weighted by molar-refractivity contribution is -0.138. The molecule has 1 amide bonds. The van der Waals surface area contributed by atoms with Crippen LogP contribution in [-0.2, 0) is 21.0 Å². The third-order valence-corrected chi connectivity index (χ3v) is 7.81. The number of benzene rings is 1. The second-order valence-corrected chi connectivity index (χ2v) is 9.80. The summed E-state index contributed by atoms with van der Waals surface area (Å²) in [6.45, 7) is 4.76. The van der Waals surface area contributed by atoms with Crippen molar-refractivity contribution in [3.63, 3.8) is 0 Å². The van der Waals surface area contributed by atoms with E-state index >= 15 is 0 Å². The summed E-state index contributed by atoms with van der Waals surface area (Å²) in [7, 11) is -4.05. The van der Waals surface area contributed by atoms with E-state index in [2.05, 4.69) is 0 Å². The number of carbonyl (C=O) groups is 1. The molecule has 1 aliphatic heterocycles. The fourth-order valence-electron chi connectivity index (χ4n) is 3.80. The molecule has 0 radical (unpaired) electrons. The van der Waals surface area contributed by atoms with E-state index in [1.165, 1.54) is 10.4 Å². The van der Waals surface area contributed by atoms with E-state index in [0.717, 1.165) is 18.6 Å². The molecule has 0 aromatic heterocycles. The Morgan fingerprint density at radius 2 is 1.76 bits per heavy atom. The number of sulfonamides is 1. The van der Waals surface area contributed by atoms with Gasteiger partial charge in [0.2, 0.25) is 15.9 Å². The number of rotatable bonds is 6. The fraction of sp³-hybridized carbons (Fsp3) is 0.650. The molecule has 3 rings (SSSR count). The van der Waals surface area contributed by atoms with Gasteiger partial charge in [-0.1, -0.05) is 19.9 Å². The van der Waals surface area contributed by atoms with Gasteiger partial charge in [-0.25, -0.2) is 8.42 Å². The van der Waals surface area contributed by atoms with E-state index in [0.29, 0.717) is 44.8 Å². The van der Waals surface area contributed by atoms with Crippen LogP contribution in [0.2, 0.25) is 0 Å². The molecule has 0 bridgehead atoms. The Bertz CT molecular complexity index is 845. The van der Waals surface area contributed by atoms with Crippen molar-refractivity contribution in [2.24, 2.45) is 5.92 Å². The Kier molecular flexibility index (Phi) is 6.29. The number of piperidine rings is 1. The summed E-state index contributed by atoms with van der Waals surface area (Å²) in [5, 5.41) is 0. The first-order valence-electron chi connectivity index (χ1n) is 10.0. The molecule has 0 spiro atoms. The molecule has 5 nitrogen and oxygen atoms in total. The van der Waals surface area contributed by atoms with Crippen LogP contribution in [0.25, 0.3) is 0 Å². The summed E-state index contributed by atoms with van der Waals surface area (Å²) >= 11 is 0. The van der Waals surface area contributed by atoms with Crippen molar-refractivity contribution in [2.45, 2.75) is 69.1 Å². The van der Waals surface area contributed by atoms with Gasteiger partial charge in [0.25, 0.3) is 0 Å². The minimum absolute atomic E-state index is 0.0695. The number of likely N-dealkylation sites (tertiary alicyclic amines) is 1. The molecular weight excluding hydrogens is 405 g/mol. The molecule has 162 valence electrons. The average Bonchev–Trinajstić information content (AvgIpc) is 3.51. The van der Waals surface area contributed by atoms with E-state index in [-0.39, 0.29) is 28.8 Å². The number of amides is 1. The first-order valence-corrected chi connectivity index (χ1v) is 11.5. The Morgan fingerprint density at radius 1 is 1.17 bits per heavy atom. The molecule has 1 aromatic rings. The van der Waals surface area contributed by atoms with Crippen molar-refractivity contribution in [1.29, 1.82) is 0 Å². The van der Waals surface area contributed by atoms with E-state index in [9.17, 15) is 26.4 Å². The number of hydrogen-bond donors (Lipinski definition) is 0. The average molecular weight is 433 g/mol. The highest BCUT2D eigenvalue weighted by molar-refractivity contribution is 7.89. The predicted molar refractivity (Wildman–Crippen MR) is 103 cm³/mol. The number of carbonyl (C=O) groups excluding carboxylic acids is 1. The smallest absolute Gasteiger partial charge is 0.342 e. The maximum Gasteiger partial charge on any atom is 0.416 e. The lowest BCUT2D eigenvalue weighted by Gasteiger charge is -2.38. The Hall–Kier alpha value is -1.61. The summed E-state index contributed by atoms with van der Waals surface area (Å²) in [5.74, 6) is 0.00424. The molecule has 2 fully saturated rings. The molecule has 1 aromatic carbocycles. The van der Waals surface area contributed by atoms with Crippen LogP contribution in [-0.4, -0.2) is 48.7 Å². The third kappa shape index (κ3) is 4.77. The van der Waals surface area contributed by atoms with Crippen LogP contribution in [0.5, 0.6) is 0 Å². The summed E-state index contributed by atoms with van der Waals surface area (Å²) in [4.78, 5) is 13.8. The van der Waals surface area contributed by atoms with Gasteiger partial charge in [0.1, 0.15) is 0 Å². The maximum atomic E-state index is 13.2. The van der Waals surface area contributed by atoms with Gasteiger partial charge in [-0.15, -0.1) is 0 Å². The van der Waals surface area contributed by atoms with Gasteiger partial charge < -0.3 is 4.90 Å². The second kappa shape index (κ2) is 8.26. The Labute approximate surface area is 169 Å². The van der Waals surface area contributed by atoms with Crippen molar-refractivity contribution in [3.05, 3.63) is 29.8 Å². The van der Waals surface area contributed by atoms with Crippen LogP contribution in [0.1, 0.15) is 51.5 Å². The number of halogens is 3. The SMILES string of the molecule is CCC(C)C(=O)N1CCC(N(C2CC2)S(=O)(=O)c2cccc(C(F)(F)F)c2)CC1. The molecule has 1 aliphatic carbocycles. The Morgan fingerprint density at radius 3 is 2.28 bits per heavy atom. The highest BCUT2D eigenvalue weighted by atomic mass is 32.2. The van der Waals surface area contributed by atoms with E-state index in [1.807, 2.05) is 13.8 Å². The van der Waals surface area contributed by atoms with E-state index in [4.69, 9.17) is 0 Å². The molecule has 1 unspecified atom stereocenters. The zero-order valence-corrected chi connectivity index (χ0v) is 17.5. The number of nitrogens with zero attached hydrogens (tertiary/aromatic N) is 2. The fourth-order valence-corrected chi connectivity index (χ4v) is 5.78. The van der Waals surface area contributed by atoms with Gasteiger partial charge in [-0.05, 0) is 50.3 Å². The van der Waals surface area contributed by atoms with Crippen molar-refractivity contribution in [3.8, 4) is 0 Å². The van der Waals surface area contributed by atoms with Gasteiger partial charge in [0.15, 0.2) is 0 Å². The van der Waals surface area contributed by atoms with Crippen molar-refractivity contribution in [1.82, 2.24) is 9.21 Å². The molecular formula is C20H27F3N2O3S. The largest absolute Gasteiger partial charge is 0.416 e.